The Morgan fingerprint density at radius 3 is 2.31 bits per heavy atom. The van der Waals surface area contributed by atoms with Crippen LogP contribution in [0.15, 0.2) is 77.7 Å². The Morgan fingerprint density at radius 2 is 1.75 bits per heavy atom. The molecule has 0 aliphatic rings. The highest BCUT2D eigenvalue weighted by Crippen LogP contribution is 2.23. The van der Waals surface area contributed by atoms with E-state index in [0.717, 1.165) is 10.2 Å². The fourth-order valence-electron chi connectivity index (χ4n) is 3.25. The summed E-state index contributed by atoms with van der Waals surface area (Å²) in [5, 5.41) is 0. The average molecular weight is 470 g/mol. The van der Waals surface area contributed by atoms with Gasteiger partial charge >= 0.3 is 0 Å². The summed E-state index contributed by atoms with van der Waals surface area (Å²) in [4.78, 5) is 17.7. The van der Waals surface area contributed by atoms with Crippen molar-refractivity contribution in [2.24, 2.45) is 12.0 Å². The molecule has 0 unspecified atom stereocenters. The normalized spacial score (nSPS) is 12.6. The molecule has 0 aliphatic heterocycles. The number of thiazole rings is 1. The van der Waals surface area contributed by atoms with Crippen molar-refractivity contribution in [1.82, 2.24) is 8.87 Å². The second-order valence-corrected chi connectivity index (χ2v) is 10.6. The van der Waals surface area contributed by atoms with Gasteiger partial charge in [-0.05, 0) is 47.9 Å². The second kappa shape index (κ2) is 9.77. The van der Waals surface area contributed by atoms with Gasteiger partial charge in [-0.25, -0.2) is 8.42 Å². The van der Waals surface area contributed by atoms with E-state index in [1.165, 1.54) is 57.6 Å². The molecule has 0 fully saturated rings. The standard InChI is InChI=1S/C24H27N3O3S2/c1-6-14-27(15-7-2)32(29,30)20-11-8-18(9-12-20)23(28)25-24-26(5)21-13-10-19(17(3)4)16-22(21)31-24/h6-13,16-17H,1-2,14-15H2,3-5H3. The van der Waals surface area contributed by atoms with Crippen LogP contribution in [0.25, 0.3) is 10.2 Å². The number of hydrogen-bond acceptors (Lipinski definition) is 4. The molecule has 3 aromatic rings. The molecule has 0 saturated heterocycles. The van der Waals surface area contributed by atoms with Gasteiger partial charge in [-0.3, -0.25) is 4.79 Å². The molecule has 0 aliphatic carbocycles. The van der Waals surface area contributed by atoms with Crippen molar-refractivity contribution < 1.29 is 13.2 Å². The maximum Gasteiger partial charge on any atom is 0.279 e. The zero-order valence-corrected chi connectivity index (χ0v) is 20.1. The minimum Gasteiger partial charge on any atom is -0.319 e. The number of carbonyl (C=O) groups excluding carboxylic acids is 1. The van der Waals surface area contributed by atoms with Crippen LogP contribution in [0.3, 0.4) is 0 Å². The Morgan fingerprint density at radius 1 is 1.12 bits per heavy atom. The van der Waals surface area contributed by atoms with Crippen molar-refractivity contribution in [2.75, 3.05) is 13.1 Å². The van der Waals surface area contributed by atoms with Gasteiger partial charge in [-0.15, -0.1) is 13.2 Å². The molecular weight excluding hydrogens is 442 g/mol. The molecule has 6 nitrogen and oxygen atoms in total. The zero-order chi connectivity index (χ0) is 23.5. The van der Waals surface area contributed by atoms with Gasteiger partial charge in [0.15, 0.2) is 4.80 Å². The third-order valence-electron chi connectivity index (χ3n) is 5.10. The maximum absolute atomic E-state index is 12.8. The minimum atomic E-state index is -3.72. The quantitative estimate of drug-likeness (QED) is 0.457. The average Bonchev–Trinajstić information content (AvgIpc) is 3.08. The lowest BCUT2D eigenvalue weighted by Gasteiger charge is -2.19. The Hall–Kier alpha value is -2.81. The molecule has 3 rings (SSSR count). The molecule has 32 heavy (non-hydrogen) atoms. The van der Waals surface area contributed by atoms with Crippen molar-refractivity contribution in [3.63, 3.8) is 0 Å². The summed E-state index contributed by atoms with van der Waals surface area (Å²) in [7, 11) is -1.84. The molecule has 0 spiro atoms. The first kappa shape index (κ1) is 23.8. The molecule has 0 bridgehead atoms. The number of aryl methyl sites for hydroxylation is 1. The number of amides is 1. The Bertz CT molecular complexity index is 1320. The molecule has 168 valence electrons. The molecular formula is C24H27N3O3S2. The van der Waals surface area contributed by atoms with Gasteiger partial charge in [0.25, 0.3) is 5.91 Å². The first-order valence-electron chi connectivity index (χ1n) is 10.2. The fourth-order valence-corrected chi connectivity index (χ4v) is 5.69. The number of sulfonamides is 1. The van der Waals surface area contributed by atoms with Crippen LogP contribution in [-0.2, 0) is 17.1 Å². The van der Waals surface area contributed by atoms with Crippen molar-refractivity contribution >= 4 is 37.5 Å². The third kappa shape index (κ3) is 4.82. The zero-order valence-electron chi connectivity index (χ0n) is 18.5. The van der Waals surface area contributed by atoms with E-state index in [1.54, 1.807) is 0 Å². The van der Waals surface area contributed by atoms with Crippen molar-refractivity contribution in [3.05, 3.63) is 83.7 Å². The lowest BCUT2D eigenvalue weighted by molar-refractivity contribution is 0.0998. The summed E-state index contributed by atoms with van der Waals surface area (Å²) in [5.74, 6) is -0.00766. The highest BCUT2D eigenvalue weighted by Gasteiger charge is 2.22. The molecule has 2 aromatic carbocycles. The Kier molecular flexibility index (Phi) is 7.28. The predicted molar refractivity (Wildman–Crippen MR) is 130 cm³/mol. The van der Waals surface area contributed by atoms with Gasteiger partial charge in [-0.1, -0.05) is 43.4 Å². The Balaban J connectivity index is 1.92. The van der Waals surface area contributed by atoms with E-state index in [0.29, 0.717) is 16.3 Å². The van der Waals surface area contributed by atoms with Crippen LogP contribution in [0.5, 0.6) is 0 Å². The minimum absolute atomic E-state index is 0.103. The molecule has 8 heteroatoms. The van der Waals surface area contributed by atoms with Crippen molar-refractivity contribution in [1.29, 1.82) is 0 Å². The highest BCUT2D eigenvalue weighted by atomic mass is 32.2. The predicted octanol–water partition coefficient (Wildman–Crippen LogP) is 4.47. The van der Waals surface area contributed by atoms with Crippen LogP contribution in [0.1, 0.15) is 35.7 Å². The lowest BCUT2D eigenvalue weighted by atomic mass is 10.0. The van der Waals surface area contributed by atoms with Crippen LogP contribution < -0.4 is 4.80 Å². The van der Waals surface area contributed by atoms with Crippen molar-refractivity contribution in [3.8, 4) is 0 Å². The summed E-state index contributed by atoms with van der Waals surface area (Å²) >= 11 is 1.45. The summed E-state index contributed by atoms with van der Waals surface area (Å²) in [6.45, 7) is 11.8. The van der Waals surface area contributed by atoms with E-state index < -0.39 is 15.9 Å². The van der Waals surface area contributed by atoms with Gasteiger partial charge in [0.2, 0.25) is 10.0 Å². The van der Waals surface area contributed by atoms with Crippen LogP contribution in [0.4, 0.5) is 0 Å². The topological polar surface area (TPSA) is 71.7 Å². The number of fused-ring (bicyclic) bond motifs is 1. The van der Waals surface area contributed by atoms with Gasteiger partial charge in [-0.2, -0.15) is 9.30 Å². The van der Waals surface area contributed by atoms with E-state index in [1.807, 2.05) is 17.7 Å². The first-order valence-corrected chi connectivity index (χ1v) is 12.4. The SMILES string of the molecule is C=CCN(CC=C)S(=O)(=O)c1ccc(C(=O)N=c2sc3cc(C(C)C)ccc3n2C)cc1. The summed E-state index contributed by atoms with van der Waals surface area (Å²) in [6, 6.07) is 12.1. The molecule has 0 N–H and O–H groups in total. The van der Waals surface area contributed by atoms with E-state index in [9.17, 15) is 13.2 Å². The van der Waals surface area contributed by atoms with Crippen LogP contribution in [-0.4, -0.2) is 36.3 Å². The lowest BCUT2D eigenvalue weighted by Crippen LogP contribution is -2.31. The summed E-state index contributed by atoms with van der Waals surface area (Å²) in [5.41, 5.74) is 2.57. The number of nitrogens with zero attached hydrogens (tertiary/aromatic N) is 3. The monoisotopic (exact) mass is 469 g/mol. The maximum atomic E-state index is 12.8. The smallest absolute Gasteiger partial charge is 0.279 e. The first-order chi connectivity index (χ1) is 15.2. The van der Waals surface area contributed by atoms with Crippen molar-refractivity contribution in [2.45, 2.75) is 24.7 Å². The van der Waals surface area contributed by atoms with Crippen LogP contribution >= 0.6 is 11.3 Å². The number of hydrogen-bond donors (Lipinski definition) is 0. The van der Waals surface area contributed by atoms with Gasteiger partial charge in [0, 0.05) is 25.7 Å². The van der Waals surface area contributed by atoms with E-state index in [2.05, 4.69) is 44.1 Å². The van der Waals surface area contributed by atoms with Crippen LogP contribution in [0.2, 0.25) is 0 Å². The summed E-state index contributed by atoms with van der Waals surface area (Å²) in [6.07, 6.45) is 3.04. The molecule has 0 saturated carbocycles. The molecule has 1 heterocycles. The fraction of sp³-hybridized carbons (Fsp3) is 0.250. The van der Waals surface area contributed by atoms with Gasteiger partial charge in [0.1, 0.15) is 0 Å². The second-order valence-electron chi connectivity index (χ2n) is 7.67. The van der Waals surface area contributed by atoms with Crippen LogP contribution in [0, 0.1) is 0 Å². The molecule has 0 radical (unpaired) electrons. The highest BCUT2D eigenvalue weighted by molar-refractivity contribution is 7.89. The molecule has 0 atom stereocenters. The number of rotatable bonds is 8. The Labute approximate surface area is 192 Å². The number of carbonyl (C=O) groups is 1. The summed E-state index contributed by atoms with van der Waals surface area (Å²) < 4.78 is 29.9. The number of aromatic nitrogens is 1. The van der Waals surface area contributed by atoms with Gasteiger partial charge < -0.3 is 4.57 Å². The van der Waals surface area contributed by atoms with Gasteiger partial charge in [0.05, 0.1) is 15.1 Å². The molecule has 1 aromatic heterocycles. The van der Waals surface area contributed by atoms with E-state index >= 15 is 0 Å². The van der Waals surface area contributed by atoms with E-state index in [4.69, 9.17) is 0 Å². The third-order valence-corrected chi connectivity index (χ3v) is 8.04. The largest absolute Gasteiger partial charge is 0.319 e. The molecule has 1 amide bonds. The van der Waals surface area contributed by atoms with E-state index in [-0.39, 0.29) is 18.0 Å². The number of benzene rings is 2.